The summed E-state index contributed by atoms with van der Waals surface area (Å²) in [7, 11) is 0. The van der Waals surface area contributed by atoms with Gasteiger partial charge in [0.15, 0.2) is 11.0 Å². The Morgan fingerprint density at radius 1 is 1.24 bits per heavy atom. The highest BCUT2D eigenvalue weighted by Crippen LogP contribution is 2.26. The highest BCUT2D eigenvalue weighted by Gasteiger charge is 2.20. The van der Waals surface area contributed by atoms with Gasteiger partial charge in [0, 0.05) is 17.0 Å². The van der Waals surface area contributed by atoms with Crippen LogP contribution in [0.15, 0.2) is 53.0 Å². The van der Waals surface area contributed by atoms with E-state index in [0.29, 0.717) is 6.54 Å². The Hall–Kier alpha value is -2.12. The van der Waals surface area contributed by atoms with Crippen molar-refractivity contribution in [3.63, 3.8) is 0 Å². The molecule has 0 radical (unpaired) electrons. The molecule has 0 saturated carbocycles. The average molecular weight is 373 g/mol. The fraction of sp³-hybridized carbons (Fsp3) is 0.278. The number of nitrogens with one attached hydrogen (secondary N) is 1. The van der Waals surface area contributed by atoms with E-state index in [1.54, 1.807) is 11.3 Å². The van der Waals surface area contributed by atoms with Crippen LogP contribution in [0.1, 0.15) is 18.7 Å². The number of thiophene rings is 1. The van der Waals surface area contributed by atoms with Crippen LogP contribution in [0.25, 0.3) is 11.4 Å². The van der Waals surface area contributed by atoms with Crippen LogP contribution in [0.5, 0.6) is 0 Å². The minimum absolute atomic E-state index is 0.00492. The van der Waals surface area contributed by atoms with Gasteiger partial charge >= 0.3 is 0 Å². The van der Waals surface area contributed by atoms with Crippen molar-refractivity contribution in [1.82, 2.24) is 20.1 Å². The molecule has 1 N–H and O–H groups in total. The minimum atomic E-state index is -0.238. The quantitative estimate of drug-likeness (QED) is 0.641. The first-order valence-corrected chi connectivity index (χ1v) is 9.90. The van der Waals surface area contributed by atoms with E-state index < -0.39 is 0 Å². The lowest BCUT2D eigenvalue weighted by molar-refractivity contribution is -0.120. The maximum Gasteiger partial charge on any atom is 0.233 e. The lowest BCUT2D eigenvalue weighted by Gasteiger charge is -2.12. The molecule has 2 heterocycles. The van der Waals surface area contributed by atoms with Gasteiger partial charge in [-0.25, -0.2) is 0 Å². The number of hydrogen-bond donors (Lipinski definition) is 1. The van der Waals surface area contributed by atoms with Crippen LogP contribution >= 0.6 is 23.1 Å². The van der Waals surface area contributed by atoms with Crippen LogP contribution in [0.4, 0.5) is 0 Å². The zero-order valence-electron chi connectivity index (χ0n) is 14.2. The Balaban J connectivity index is 1.67. The van der Waals surface area contributed by atoms with Crippen molar-refractivity contribution in [3.05, 3.63) is 52.7 Å². The molecule has 1 atom stereocenters. The zero-order valence-corrected chi connectivity index (χ0v) is 15.8. The molecule has 5 nitrogen and oxygen atoms in total. The van der Waals surface area contributed by atoms with Crippen LogP contribution in [-0.4, -0.2) is 25.9 Å². The van der Waals surface area contributed by atoms with Gasteiger partial charge in [-0.2, -0.15) is 0 Å². The van der Waals surface area contributed by atoms with Crippen LogP contribution in [0.3, 0.4) is 0 Å². The molecule has 3 aromatic rings. The molecular formula is C18H20N4OS2. The van der Waals surface area contributed by atoms with Crippen molar-refractivity contribution in [2.24, 2.45) is 0 Å². The first-order valence-electron chi connectivity index (χ1n) is 8.14. The Labute approximate surface area is 155 Å². The fourth-order valence-electron chi connectivity index (χ4n) is 2.40. The van der Waals surface area contributed by atoms with Gasteiger partial charge in [-0.05, 0) is 25.3 Å². The molecule has 0 aliphatic rings. The second-order valence-electron chi connectivity index (χ2n) is 5.47. The van der Waals surface area contributed by atoms with Gasteiger partial charge in [-0.15, -0.1) is 21.5 Å². The lowest BCUT2D eigenvalue weighted by Crippen LogP contribution is -2.30. The van der Waals surface area contributed by atoms with Gasteiger partial charge in [0.05, 0.1) is 11.8 Å². The third-order valence-electron chi connectivity index (χ3n) is 3.73. The lowest BCUT2D eigenvalue weighted by atomic mass is 10.2. The second-order valence-corrected chi connectivity index (χ2v) is 7.81. The summed E-state index contributed by atoms with van der Waals surface area (Å²) < 4.78 is 2.04. The summed E-state index contributed by atoms with van der Waals surface area (Å²) in [5, 5.41) is 14.1. The van der Waals surface area contributed by atoms with Crippen LogP contribution in [-0.2, 0) is 17.9 Å². The molecule has 3 rings (SSSR count). The van der Waals surface area contributed by atoms with Gasteiger partial charge in [-0.1, -0.05) is 48.2 Å². The summed E-state index contributed by atoms with van der Waals surface area (Å²) in [6, 6.07) is 14.0. The van der Waals surface area contributed by atoms with Crippen LogP contribution in [0.2, 0.25) is 0 Å². The molecule has 0 fully saturated rings. The topological polar surface area (TPSA) is 59.8 Å². The normalized spacial score (nSPS) is 12.1. The van der Waals surface area contributed by atoms with E-state index in [4.69, 9.17) is 0 Å². The maximum atomic E-state index is 12.3. The summed E-state index contributed by atoms with van der Waals surface area (Å²) >= 11 is 3.08. The number of nitrogens with zero attached hydrogens (tertiary/aromatic N) is 3. The van der Waals surface area contributed by atoms with Crippen molar-refractivity contribution in [2.45, 2.75) is 37.3 Å². The molecule has 0 aliphatic heterocycles. The number of thioether (sulfide) groups is 1. The van der Waals surface area contributed by atoms with E-state index >= 15 is 0 Å². The van der Waals surface area contributed by atoms with E-state index in [-0.39, 0.29) is 11.2 Å². The number of rotatable bonds is 7. The molecule has 0 spiro atoms. The second kappa shape index (κ2) is 8.31. The highest BCUT2D eigenvalue weighted by atomic mass is 32.2. The standard InChI is InChI=1S/C18H20N4OS2/c1-3-22-16(14-8-5-4-6-9-14)20-21-18(22)25-13(2)17(23)19-12-15-10-7-11-24-15/h4-11,13H,3,12H2,1-2H3,(H,19,23). The molecule has 1 amide bonds. The Bertz CT molecular complexity index is 815. The molecular weight excluding hydrogens is 352 g/mol. The zero-order chi connectivity index (χ0) is 17.6. The van der Waals surface area contributed by atoms with Gasteiger partial charge in [0.25, 0.3) is 0 Å². The fourth-order valence-corrected chi connectivity index (χ4v) is 3.99. The molecule has 7 heteroatoms. The number of carbonyl (C=O) groups is 1. The third kappa shape index (κ3) is 4.29. The molecule has 0 bridgehead atoms. The molecule has 0 aliphatic carbocycles. The molecule has 0 saturated heterocycles. The third-order valence-corrected chi connectivity index (χ3v) is 5.69. The average Bonchev–Trinajstić information content (AvgIpc) is 3.29. The van der Waals surface area contributed by atoms with E-state index in [0.717, 1.165) is 28.0 Å². The Morgan fingerprint density at radius 3 is 2.72 bits per heavy atom. The highest BCUT2D eigenvalue weighted by molar-refractivity contribution is 8.00. The predicted octanol–water partition coefficient (Wildman–Crippen LogP) is 3.82. The van der Waals surface area contributed by atoms with Crippen molar-refractivity contribution < 1.29 is 4.79 Å². The van der Waals surface area contributed by atoms with E-state index in [9.17, 15) is 4.79 Å². The number of hydrogen-bond acceptors (Lipinski definition) is 5. The summed E-state index contributed by atoms with van der Waals surface area (Å²) in [6.07, 6.45) is 0. The summed E-state index contributed by atoms with van der Waals surface area (Å²) in [5.74, 6) is 0.835. The van der Waals surface area contributed by atoms with E-state index in [1.165, 1.54) is 11.8 Å². The van der Waals surface area contributed by atoms with Crippen LogP contribution < -0.4 is 5.32 Å². The number of carbonyl (C=O) groups excluding carboxylic acids is 1. The summed E-state index contributed by atoms with van der Waals surface area (Å²) in [6.45, 7) is 5.27. The van der Waals surface area contributed by atoms with Crippen LogP contribution in [0, 0.1) is 0 Å². The predicted molar refractivity (Wildman–Crippen MR) is 103 cm³/mol. The summed E-state index contributed by atoms with van der Waals surface area (Å²) in [5.41, 5.74) is 1.03. The van der Waals surface area contributed by atoms with Crippen molar-refractivity contribution in [1.29, 1.82) is 0 Å². The monoisotopic (exact) mass is 372 g/mol. The molecule has 1 aromatic carbocycles. The maximum absolute atomic E-state index is 12.3. The first kappa shape index (κ1) is 17.7. The SMILES string of the molecule is CCn1c(SC(C)C(=O)NCc2cccs2)nnc1-c1ccccc1. The van der Waals surface area contributed by atoms with Crippen molar-refractivity contribution in [2.75, 3.05) is 0 Å². The van der Waals surface area contributed by atoms with Gasteiger partial charge in [0.2, 0.25) is 5.91 Å². The van der Waals surface area contributed by atoms with Crippen molar-refractivity contribution >= 4 is 29.0 Å². The number of aromatic nitrogens is 3. The Morgan fingerprint density at radius 2 is 2.04 bits per heavy atom. The Kier molecular flexibility index (Phi) is 5.88. The minimum Gasteiger partial charge on any atom is -0.350 e. The van der Waals surface area contributed by atoms with Gasteiger partial charge < -0.3 is 9.88 Å². The van der Waals surface area contributed by atoms with E-state index in [2.05, 4.69) is 22.4 Å². The molecule has 25 heavy (non-hydrogen) atoms. The van der Waals surface area contributed by atoms with E-state index in [1.807, 2.05) is 59.3 Å². The smallest absolute Gasteiger partial charge is 0.233 e. The molecule has 2 aromatic heterocycles. The molecule has 130 valence electrons. The first-order chi connectivity index (χ1) is 12.2. The largest absolute Gasteiger partial charge is 0.350 e. The summed E-state index contributed by atoms with van der Waals surface area (Å²) in [4.78, 5) is 13.5. The number of amides is 1. The van der Waals surface area contributed by atoms with Crippen molar-refractivity contribution in [3.8, 4) is 11.4 Å². The number of benzene rings is 1. The molecule has 1 unspecified atom stereocenters. The van der Waals surface area contributed by atoms with Gasteiger partial charge in [0.1, 0.15) is 0 Å². The van der Waals surface area contributed by atoms with Gasteiger partial charge in [-0.3, -0.25) is 4.79 Å².